The number of nitrogens with zero attached hydrogens (tertiary/aromatic N) is 3. The van der Waals surface area contributed by atoms with Gasteiger partial charge in [-0.25, -0.2) is 13.8 Å². The Morgan fingerprint density at radius 1 is 1.04 bits per heavy atom. The molecule has 0 radical (unpaired) electrons. The van der Waals surface area contributed by atoms with E-state index in [-0.39, 0.29) is 23.0 Å². The summed E-state index contributed by atoms with van der Waals surface area (Å²) in [6.45, 7) is 0. The average molecular weight is 384 g/mol. The van der Waals surface area contributed by atoms with Crippen LogP contribution >= 0.6 is 11.3 Å². The van der Waals surface area contributed by atoms with Crippen LogP contribution in [0.4, 0.5) is 14.5 Å². The molecule has 0 saturated heterocycles. The van der Waals surface area contributed by atoms with Gasteiger partial charge in [0.2, 0.25) is 5.89 Å². The van der Waals surface area contributed by atoms with Crippen molar-refractivity contribution in [2.75, 3.05) is 5.32 Å². The van der Waals surface area contributed by atoms with E-state index in [0.717, 1.165) is 12.1 Å². The molecule has 2 heterocycles. The van der Waals surface area contributed by atoms with Gasteiger partial charge in [-0.1, -0.05) is 12.1 Å². The Morgan fingerprint density at radius 2 is 1.85 bits per heavy atom. The van der Waals surface area contributed by atoms with Crippen LogP contribution in [0.5, 0.6) is 0 Å². The Balaban J connectivity index is 1.62. The second-order valence-corrected chi connectivity index (χ2v) is 6.13. The zero-order valence-electron chi connectivity index (χ0n) is 13.5. The minimum absolute atomic E-state index is 0.130. The number of aromatic nitrogens is 3. The topological polar surface area (TPSA) is 80.9 Å². The fourth-order valence-corrected chi connectivity index (χ4v) is 2.88. The molecule has 134 valence electrons. The molecule has 2 aromatic heterocycles. The standard InChI is InChI=1S/C18H10F2N4O2S/c19-12-4-2-1-3-11(12)16(25)22-14-7-10(5-6-13(14)20)17-23-24-18(26-17)15-8-27-9-21-15/h1-9H,(H,22,25). The monoisotopic (exact) mass is 384 g/mol. The summed E-state index contributed by atoms with van der Waals surface area (Å²) in [5.41, 5.74) is 2.25. The molecule has 4 aromatic rings. The molecular formula is C18H10F2N4O2S. The number of amides is 1. The second kappa shape index (κ2) is 7.04. The molecule has 9 heteroatoms. The summed E-state index contributed by atoms with van der Waals surface area (Å²) in [4.78, 5) is 16.3. The molecule has 0 bridgehead atoms. The third-order valence-corrected chi connectivity index (χ3v) is 4.24. The number of benzene rings is 2. The summed E-state index contributed by atoms with van der Waals surface area (Å²) in [7, 11) is 0. The third-order valence-electron chi connectivity index (χ3n) is 3.66. The molecule has 0 atom stereocenters. The maximum Gasteiger partial charge on any atom is 0.267 e. The van der Waals surface area contributed by atoms with Gasteiger partial charge in [0, 0.05) is 10.9 Å². The lowest BCUT2D eigenvalue weighted by Crippen LogP contribution is -2.14. The molecule has 2 aromatic carbocycles. The predicted molar refractivity (Wildman–Crippen MR) is 95.2 cm³/mol. The van der Waals surface area contributed by atoms with Gasteiger partial charge in [0.15, 0.2) is 0 Å². The van der Waals surface area contributed by atoms with Gasteiger partial charge in [-0.3, -0.25) is 4.79 Å². The van der Waals surface area contributed by atoms with E-state index in [1.165, 1.54) is 41.7 Å². The first-order valence-corrected chi connectivity index (χ1v) is 8.64. The van der Waals surface area contributed by atoms with Crippen LogP contribution in [-0.2, 0) is 0 Å². The predicted octanol–water partition coefficient (Wildman–Crippen LogP) is 4.39. The lowest BCUT2D eigenvalue weighted by molar-refractivity contribution is 0.102. The van der Waals surface area contributed by atoms with Gasteiger partial charge < -0.3 is 9.73 Å². The lowest BCUT2D eigenvalue weighted by Gasteiger charge is -2.08. The molecule has 0 unspecified atom stereocenters. The first-order valence-electron chi connectivity index (χ1n) is 7.69. The number of rotatable bonds is 4. The number of hydrogen-bond acceptors (Lipinski definition) is 6. The highest BCUT2D eigenvalue weighted by Gasteiger charge is 2.16. The summed E-state index contributed by atoms with van der Waals surface area (Å²) in [6, 6.07) is 9.37. The van der Waals surface area contributed by atoms with Gasteiger partial charge in [-0.15, -0.1) is 21.5 Å². The minimum atomic E-state index is -0.766. The van der Waals surface area contributed by atoms with Crippen LogP contribution in [-0.4, -0.2) is 21.1 Å². The van der Waals surface area contributed by atoms with Crippen molar-refractivity contribution in [2.45, 2.75) is 0 Å². The maximum atomic E-state index is 14.1. The zero-order chi connectivity index (χ0) is 18.8. The van der Waals surface area contributed by atoms with Crippen LogP contribution in [0.1, 0.15) is 10.4 Å². The highest BCUT2D eigenvalue weighted by Crippen LogP contribution is 2.27. The van der Waals surface area contributed by atoms with E-state index in [1.807, 2.05) is 0 Å². The Morgan fingerprint density at radius 3 is 2.63 bits per heavy atom. The number of nitrogens with one attached hydrogen (secondary N) is 1. The molecule has 1 N–H and O–H groups in total. The van der Waals surface area contributed by atoms with E-state index in [0.29, 0.717) is 11.3 Å². The van der Waals surface area contributed by atoms with Crippen molar-refractivity contribution < 1.29 is 18.0 Å². The van der Waals surface area contributed by atoms with E-state index >= 15 is 0 Å². The van der Waals surface area contributed by atoms with Crippen molar-refractivity contribution in [2.24, 2.45) is 0 Å². The molecule has 0 aliphatic heterocycles. The Hall–Kier alpha value is -3.46. The lowest BCUT2D eigenvalue weighted by atomic mass is 10.1. The van der Waals surface area contributed by atoms with E-state index in [2.05, 4.69) is 20.5 Å². The molecule has 27 heavy (non-hydrogen) atoms. The molecule has 6 nitrogen and oxygen atoms in total. The van der Waals surface area contributed by atoms with E-state index in [1.54, 1.807) is 10.9 Å². The Labute approximate surface area is 155 Å². The number of halogens is 2. The number of thiazole rings is 1. The molecule has 0 fully saturated rings. The Bertz CT molecular complexity index is 1110. The summed E-state index contributed by atoms with van der Waals surface area (Å²) in [5.74, 6) is -1.77. The number of carbonyl (C=O) groups excluding carboxylic acids is 1. The van der Waals surface area contributed by atoms with E-state index < -0.39 is 17.5 Å². The normalized spacial score (nSPS) is 10.7. The van der Waals surface area contributed by atoms with Crippen LogP contribution in [0, 0.1) is 11.6 Å². The smallest absolute Gasteiger partial charge is 0.267 e. The molecule has 0 aliphatic carbocycles. The Kier molecular flexibility index (Phi) is 4.43. The van der Waals surface area contributed by atoms with Crippen molar-refractivity contribution in [1.82, 2.24) is 15.2 Å². The molecule has 4 rings (SSSR count). The van der Waals surface area contributed by atoms with Gasteiger partial charge in [0.05, 0.1) is 16.8 Å². The van der Waals surface area contributed by atoms with Gasteiger partial charge in [0.25, 0.3) is 11.8 Å². The summed E-state index contributed by atoms with van der Waals surface area (Å²) >= 11 is 1.38. The fraction of sp³-hybridized carbons (Fsp3) is 0. The van der Waals surface area contributed by atoms with Crippen LogP contribution in [0.2, 0.25) is 0 Å². The number of carbonyl (C=O) groups is 1. The third kappa shape index (κ3) is 3.44. The highest BCUT2D eigenvalue weighted by molar-refractivity contribution is 7.07. The highest BCUT2D eigenvalue weighted by atomic mass is 32.1. The van der Waals surface area contributed by atoms with Gasteiger partial charge in [-0.2, -0.15) is 0 Å². The fourth-order valence-electron chi connectivity index (χ4n) is 2.35. The van der Waals surface area contributed by atoms with Crippen LogP contribution in [0.15, 0.2) is 57.8 Å². The van der Waals surface area contributed by atoms with Crippen molar-refractivity contribution in [3.8, 4) is 23.0 Å². The molecule has 0 spiro atoms. The van der Waals surface area contributed by atoms with Gasteiger partial charge in [0.1, 0.15) is 17.3 Å². The largest absolute Gasteiger partial charge is 0.415 e. The van der Waals surface area contributed by atoms with Crippen molar-refractivity contribution in [3.63, 3.8) is 0 Å². The second-order valence-electron chi connectivity index (χ2n) is 5.41. The van der Waals surface area contributed by atoms with Crippen LogP contribution < -0.4 is 5.32 Å². The summed E-state index contributed by atoms with van der Waals surface area (Å²) < 4.78 is 33.4. The minimum Gasteiger partial charge on any atom is -0.415 e. The van der Waals surface area contributed by atoms with E-state index in [9.17, 15) is 13.6 Å². The van der Waals surface area contributed by atoms with Gasteiger partial charge >= 0.3 is 0 Å². The first-order chi connectivity index (χ1) is 13.1. The quantitative estimate of drug-likeness (QED) is 0.564. The number of anilines is 1. The average Bonchev–Trinajstić information content (AvgIpc) is 3.35. The zero-order valence-corrected chi connectivity index (χ0v) is 14.3. The van der Waals surface area contributed by atoms with Crippen LogP contribution in [0.25, 0.3) is 23.0 Å². The molecular weight excluding hydrogens is 374 g/mol. The van der Waals surface area contributed by atoms with Crippen molar-refractivity contribution >= 4 is 22.9 Å². The molecule has 0 aliphatic rings. The summed E-state index contributed by atoms with van der Waals surface area (Å²) in [5, 5.41) is 11.9. The van der Waals surface area contributed by atoms with Crippen molar-refractivity contribution in [3.05, 3.63) is 70.6 Å². The van der Waals surface area contributed by atoms with Crippen molar-refractivity contribution in [1.29, 1.82) is 0 Å². The maximum absolute atomic E-state index is 14.1. The number of hydrogen-bond donors (Lipinski definition) is 1. The summed E-state index contributed by atoms with van der Waals surface area (Å²) in [6.07, 6.45) is 0. The van der Waals surface area contributed by atoms with Crippen LogP contribution in [0.3, 0.4) is 0 Å². The molecule has 1 amide bonds. The first kappa shape index (κ1) is 17.0. The molecule has 0 saturated carbocycles. The van der Waals surface area contributed by atoms with Gasteiger partial charge in [-0.05, 0) is 30.3 Å². The van der Waals surface area contributed by atoms with E-state index in [4.69, 9.17) is 4.42 Å². The SMILES string of the molecule is O=C(Nc1cc(-c2nnc(-c3cscn3)o2)ccc1F)c1ccccc1F.